The van der Waals surface area contributed by atoms with E-state index in [4.69, 9.17) is 11.6 Å². The van der Waals surface area contributed by atoms with Gasteiger partial charge >= 0.3 is 0 Å². The summed E-state index contributed by atoms with van der Waals surface area (Å²) in [5.41, 5.74) is 1.32. The largest absolute Gasteiger partial charge is 0.310 e. The maximum atomic E-state index is 5.90. The highest BCUT2D eigenvalue weighted by Crippen LogP contribution is 2.26. The lowest BCUT2D eigenvalue weighted by atomic mass is 9.87. The Morgan fingerprint density at radius 3 is 2.50 bits per heavy atom. The van der Waals surface area contributed by atoms with Gasteiger partial charge in [-0.3, -0.25) is 0 Å². The zero-order valence-corrected chi connectivity index (χ0v) is 12.0. The molecule has 0 radical (unpaired) electrons. The summed E-state index contributed by atoms with van der Waals surface area (Å²) in [6.45, 7) is 3.36. The molecule has 1 fully saturated rings. The smallest absolute Gasteiger partial charge is 0.0406 e. The third-order valence-electron chi connectivity index (χ3n) is 4.10. The fraction of sp³-hybridized carbons (Fsp3) is 0.625. The molecule has 18 heavy (non-hydrogen) atoms. The third kappa shape index (κ3) is 4.29. The van der Waals surface area contributed by atoms with Crippen molar-refractivity contribution in [1.29, 1.82) is 0 Å². The van der Waals surface area contributed by atoms with Crippen molar-refractivity contribution in [3.05, 3.63) is 34.9 Å². The van der Waals surface area contributed by atoms with Gasteiger partial charge in [-0.15, -0.1) is 0 Å². The van der Waals surface area contributed by atoms with Gasteiger partial charge in [0.2, 0.25) is 0 Å². The molecule has 1 atom stereocenters. The van der Waals surface area contributed by atoms with Crippen LogP contribution >= 0.6 is 11.6 Å². The van der Waals surface area contributed by atoms with E-state index < -0.39 is 0 Å². The monoisotopic (exact) mass is 265 g/mol. The second kappa shape index (κ2) is 7.16. The fourth-order valence-electron chi connectivity index (χ4n) is 2.85. The Morgan fingerprint density at radius 1 is 1.17 bits per heavy atom. The standard InChI is InChI=1S/C16H24ClN/c1-13(15-7-9-16(17)10-8-15)18-12-11-14-5-3-2-4-6-14/h7-10,13-14,18H,2-6,11-12H2,1H3/t13-/m1/s1. The van der Waals surface area contributed by atoms with Crippen molar-refractivity contribution in [2.45, 2.75) is 51.5 Å². The highest BCUT2D eigenvalue weighted by molar-refractivity contribution is 6.30. The molecule has 1 aromatic rings. The Balaban J connectivity index is 1.70. The lowest BCUT2D eigenvalue weighted by Crippen LogP contribution is -2.22. The first-order valence-corrected chi connectivity index (χ1v) is 7.62. The summed E-state index contributed by atoms with van der Waals surface area (Å²) < 4.78 is 0. The Bertz CT molecular complexity index is 341. The molecule has 0 aliphatic heterocycles. The number of halogens is 1. The molecule has 0 bridgehead atoms. The van der Waals surface area contributed by atoms with Crippen molar-refractivity contribution in [2.24, 2.45) is 5.92 Å². The van der Waals surface area contributed by atoms with Gasteiger partial charge in [0.15, 0.2) is 0 Å². The molecule has 1 aliphatic carbocycles. The molecule has 2 rings (SSSR count). The van der Waals surface area contributed by atoms with E-state index in [9.17, 15) is 0 Å². The fourth-order valence-corrected chi connectivity index (χ4v) is 2.98. The Hall–Kier alpha value is -0.530. The van der Waals surface area contributed by atoms with Crippen molar-refractivity contribution >= 4 is 11.6 Å². The molecule has 1 aliphatic rings. The van der Waals surface area contributed by atoms with Crippen LogP contribution in [-0.2, 0) is 0 Å². The van der Waals surface area contributed by atoms with Crippen molar-refractivity contribution < 1.29 is 0 Å². The maximum absolute atomic E-state index is 5.90. The first kappa shape index (κ1) is 13.9. The van der Waals surface area contributed by atoms with Gasteiger partial charge < -0.3 is 5.32 Å². The average Bonchev–Trinajstić information content (AvgIpc) is 2.40. The van der Waals surface area contributed by atoms with E-state index in [1.54, 1.807) is 0 Å². The Kier molecular flexibility index (Phi) is 5.52. The minimum Gasteiger partial charge on any atom is -0.310 e. The minimum atomic E-state index is 0.422. The third-order valence-corrected chi connectivity index (χ3v) is 4.35. The predicted molar refractivity (Wildman–Crippen MR) is 79.1 cm³/mol. The van der Waals surface area contributed by atoms with Crippen molar-refractivity contribution in [2.75, 3.05) is 6.54 Å². The minimum absolute atomic E-state index is 0.422. The van der Waals surface area contributed by atoms with Gasteiger partial charge in [0.25, 0.3) is 0 Å². The van der Waals surface area contributed by atoms with Crippen LogP contribution in [0.1, 0.15) is 57.1 Å². The van der Waals surface area contributed by atoms with Gasteiger partial charge in [-0.05, 0) is 43.5 Å². The summed E-state index contributed by atoms with van der Waals surface area (Å²) in [6.07, 6.45) is 8.55. The molecule has 0 heterocycles. The van der Waals surface area contributed by atoms with Gasteiger partial charge in [-0.1, -0.05) is 55.8 Å². The maximum Gasteiger partial charge on any atom is 0.0406 e. The van der Waals surface area contributed by atoms with E-state index in [0.29, 0.717) is 6.04 Å². The number of hydrogen-bond donors (Lipinski definition) is 1. The van der Waals surface area contributed by atoms with Crippen LogP contribution < -0.4 is 5.32 Å². The zero-order chi connectivity index (χ0) is 12.8. The van der Waals surface area contributed by atoms with Crippen LogP contribution in [0.25, 0.3) is 0 Å². The van der Waals surface area contributed by atoms with E-state index >= 15 is 0 Å². The molecule has 1 nitrogen and oxygen atoms in total. The van der Waals surface area contributed by atoms with Crippen LogP contribution in [-0.4, -0.2) is 6.54 Å². The van der Waals surface area contributed by atoms with Crippen LogP contribution in [0.5, 0.6) is 0 Å². The van der Waals surface area contributed by atoms with Gasteiger partial charge in [-0.25, -0.2) is 0 Å². The molecule has 1 saturated carbocycles. The molecule has 0 spiro atoms. The summed E-state index contributed by atoms with van der Waals surface area (Å²) in [5, 5.41) is 4.44. The molecule has 0 unspecified atom stereocenters. The normalized spacial score (nSPS) is 18.8. The Morgan fingerprint density at radius 2 is 1.83 bits per heavy atom. The Labute approximate surface area is 116 Å². The summed E-state index contributed by atoms with van der Waals surface area (Å²) in [5.74, 6) is 0.962. The molecular weight excluding hydrogens is 242 g/mol. The van der Waals surface area contributed by atoms with Crippen LogP contribution in [0.4, 0.5) is 0 Å². The van der Waals surface area contributed by atoms with E-state index in [2.05, 4.69) is 24.4 Å². The summed E-state index contributed by atoms with van der Waals surface area (Å²) in [4.78, 5) is 0. The van der Waals surface area contributed by atoms with Crippen LogP contribution in [0.15, 0.2) is 24.3 Å². The molecule has 0 amide bonds. The van der Waals surface area contributed by atoms with Crippen LogP contribution in [0.3, 0.4) is 0 Å². The SMILES string of the molecule is C[C@@H](NCCC1CCCCC1)c1ccc(Cl)cc1. The van der Waals surface area contributed by atoms with Gasteiger partial charge in [-0.2, -0.15) is 0 Å². The number of hydrogen-bond acceptors (Lipinski definition) is 1. The van der Waals surface area contributed by atoms with E-state index in [-0.39, 0.29) is 0 Å². The lowest BCUT2D eigenvalue weighted by Gasteiger charge is -2.22. The highest BCUT2D eigenvalue weighted by Gasteiger charge is 2.13. The van der Waals surface area contributed by atoms with Gasteiger partial charge in [0, 0.05) is 11.1 Å². The molecule has 100 valence electrons. The summed E-state index contributed by atoms with van der Waals surface area (Å²) in [7, 11) is 0. The van der Waals surface area contributed by atoms with Crippen molar-refractivity contribution in [1.82, 2.24) is 5.32 Å². The number of nitrogens with one attached hydrogen (secondary N) is 1. The van der Waals surface area contributed by atoms with Gasteiger partial charge in [0.05, 0.1) is 0 Å². The quantitative estimate of drug-likeness (QED) is 0.793. The summed E-state index contributed by atoms with van der Waals surface area (Å²) >= 11 is 5.90. The first-order chi connectivity index (χ1) is 8.75. The molecule has 2 heteroatoms. The molecule has 1 aromatic carbocycles. The average molecular weight is 266 g/mol. The second-order valence-electron chi connectivity index (χ2n) is 5.52. The zero-order valence-electron chi connectivity index (χ0n) is 11.3. The van der Waals surface area contributed by atoms with E-state index in [1.165, 1.54) is 44.1 Å². The topological polar surface area (TPSA) is 12.0 Å². The highest BCUT2D eigenvalue weighted by atomic mass is 35.5. The van der Waals surface area contributed by atoms with Gasteiger partial charge in [0.1, 0.15) is 0 Å². The van der Waals surface area contributed by atoms with Crippen molar-refractivity contribution in [3.8, 4) is 0 Å². The molecule has 0 saturated heterocycles. The molecular formula is C16H24ClN. The first-order valence-electron chi connectivity index (χ1n) is 7.24. The van der Waals surface area contributed by atoms with E-state index in [0.717, 1.165) is 17.5 Å². The second-order valence-corrected chi connectivity index (χ2v) is 5.96. The predicted octanol–water partition coefficient (Wildman–Crippen LogP) is 4.96. The number of benzene rings is 1. The van der Waals surface area contributed by atoms with Crippen LogP contribution in [0, 0.1) is 5.92 Å². The number of rotatable bonds is 5. The molecule has 1 N–H and O–H groups in total. The van der Waals surface area contributed by atoms with E-state index in [1.807, 2.05) is 12.1 Å². The summed E-state index contributed by atoms with van der Waals surface area (Å²) in [6, 6.07) is 8.58. The van der Waals surface area contributed by atoms with Crippen molar-refractivity contribution in [3.63, 3.8) is 0 Å². The molecule has 0 aromatic heterocycles. The van der Waals surface area contributed by atoms with Crippen LogP contribution in [0.2, 0.25) is 5.02 Å². The lowest BCUT2D eigenvalue weighted by molar-refractivity contribution is 0.329.